The van der Waals surface area contributed by atoms with E-state index in [1.54, 1.807) is 0 Å². The van der Waals surface area contributed by atoms with Crippen molar-refractivity contribution in [1.29, 1.82) is 0 Å². The zero-order valence-corrected chi connectivity index (χ0v) is 5.81. The Labute approximate surface area is 62.4 Å². The van der Waals surface area contributed by atoms with Crippen LogP contribution in [0, 0.1) is 5.92 Å². The van der Waals surface area contributed by atoms with Gasteiger partial charge in [0.2, 0.25) is 0 Å². The number of rotatable bonds is 1. The van der Waals surface area contributed by atoms with Crippen LogP contribution in [-0.4, -0.2) is 30.1 Å². The van der Waals surface area contributed by atoms with Gasteiger partial charge in [-0.3, -0.25) is 4.79 Å². The molecule has 1 aliphatic rings. The maximum atomic E-state index is 12.7. The minimum Gasteiger partial charge on any atom is -0.481 e. The number of hydrogen-bond acceptors (Lipinski definition) is 2. The van der Waals surface area contributed by atoms with Crippen LogP contribution in [0.1, 0.15) is 6.42 Å². The Morgan fingerprint density at radius 3 is 2.64 bits per heavy atom. The zero-order valence-electron chi connectivity index (χ0n) is 5.81. The Balaban J connectivity index is 2.67. The fourth-order valence-corrected chi connectivity index (χ4v) is 1.09. The van der Waals surface area contributed by atoms with Crippen molar-refractivity contribution in [3.63, 3.8) is 0 Å². The molecule has 1 fully saturated rings. The molecule has 1 saturated heterocycles. The van der Waals surface area contributed by atoms with Crippen LogP contribution in [-0.2, 0) is 4.79 Å². The van der Waals surface area contributed by atoms with E-state index in [0.717, 1.165) is 0 Å². The third kappa shape index (κ3) is 1.65. The number of nitrogens with one attached hydrogen (secondary N) is 1. The van der Waals surface area contributed by atoms with Crippen molar-refractivity contribution in [2.75, 3.05) is 13.1 Å². The number of aliphatic carboxylic acids is 1. The highest BCUT2D eigenvalue weighted by Gasteiger charge is 2.45. The van der Waals surface area contributed by atoms with E-state index in [0.29, 0.717) is 0 Å². The van der Waals surface area contributed by atoms with Crippen molar-refractivity contribution < 1.29 is 18.7 Å². The number of piperidine rings is 1. The summed E-state index contributed by atoms with van der Waals surface area (Å²) >= 11 is 0. The number of carbonyl (C=O) groups is 1. The summed E-state index contributed by atoms with van der Waals surface area (Å²) in [5.41, 5.74) is 0. The Morgan fingerprint density at radius 1 is 1.64 bits per heavy atom. The summed E-state index contributed by atoms with van der Waals surface area (Å²) in [6.45, 7) is 0.0547. The molecule has 0 aromatic carbocycles. The molecule has 0 amide bonds. The largest absolute Gasteiger partial charge is 0.481 e. The van der Waals surface area contributed by atoms with Gasteiger partial charge in [0.25, 0.3) is 5.92 Å². The minimum absolute atomic E-state index is 0.137. The van der Waals surface area contributed by atoms with Gasteiger partial charge >= 0.3 is 5.97 Å². The number of carboxylic acid groups (broad SMARTS) is 1. The molecule has 11 heavy (non-hydrogen) atoms. The van der Waals surface area contributed by atoms with Gasteiger partial charge in [-0.1, -0.05) is 0 Å². The molecule has 3 nitrogen and oxygen atoms in total. The van der Waals surface area contributed by atoms with Crippen LogP contribution in [0.3, 0.4) is 0 Å². The topological polar surface area (TPSA) is 49.3 Å². The van der Waals surface area contributed by atoms with E-state index in [-0.39, 0.29) is 19.5 Å². The number of halogens is 2. The quantitative estimate of drug-likeness (QED) is 0.588. The minimum atomic E-state index is -3.04. The third-order valence-electron chi connectivity index (χ3n) is 1.79. The van der Waals surface area contributed by atoms with Crippen molar-refractivity contribution in [3.05, 3.63) is 0 Å². The number of carboxylic acids is 1. The molecular formula is C6H9F2NO2. The lowest BCUT2D eigenvalue weighted by Crippen LogP contribution is -2.48. The zero-order chi connectivity index (χ0) is 8.48. The molecule has 64 valence electrons. The lowest BCUT2D eigenvalue weighted by molar-refractivity contribution is -0.160. The van der Waals surface area contributed by atoms with Crippen LogP contribution in [0.4, 0.5) is 8.78 Å². The van der Waals surface area contributed by atoms with Crippen LogP contribution in [0.2, 0.25) is 0 Å². The van der Waals surface area contributed by atoms with Gasteiger partial charge in [-0.15, -0.1) is 0 Å². The van der Waals surface area contributed by atoms with E-state index in [1.165, 1.54) is 0 Å². The van der Waals surface area contributed by atoms with Gasteiger partial charge in [-0.2, -0.15) is 0 Å². The van der Waals surface area contributed by atoms with Crippen LogP contribution >= 0.6 is 0 Å². The second kappa shape index (κ2) is 2.73. The molecule has 2 N–H and O–H groups in total. The van der Waals surface area contributed by atoms with Crippen LogP contribution in [0.15, 0.2) is 0 Å². The van der Waals surface area contributed by atoms with Gasteiger partial charge in [0, 0.05) is 19.5 Å². The fraction of sp³-hybridized carbons (Fsp3) is 0.833. The molecule has 5 heteroatoms. The van der Waals surface area contributed by atoms with E-state index >= 15 is 0 Å². The van der Waals surface area contributed by atoms with Crippen molar-refractivity contribution in [1.82, 2.24) is 5.32 Å². The molecular weight excluding hydrogens is 156 g/mol. The number of hydrogen-bond donors (Lipinski definition) is 2. The Kier molecular flexibility index (Phi) is 2.08. The van der Waals surface area contributed by atoms with E-state index in [4.69, 9.17) is 5.11 Å². The van der Waals surface area contributed by atoms with Gasteiger partial charge in [-0.05, 0) is 0 Å². The molecule has 0 aromatic rings. The first-order valence-electron chi connectivity index (χ1n) is 3.35. The summed E-state index contributed by atoms with van der Waals surface area (Å²) < 4.78 is 25.4. The average molecular weight is 165 g/mol. The highest BCUT2D eigenvalue weighted by atomic mass is 19.3. The van der Waals surface area contributed by atoms with E-state index < -0.39 is 17.8 Å². The lowest BCUT2D eigenvalue weighted by Gasteiger charge is -2.28. The summed E-state index contributed by atoms with van der Waals surface area (Å²) in [5.74, 6) is -6.03. The van der Waals surface area contributed by atoms with Crippen molar-refractivity contribution >= 4 is 5.97 Å². The van der Waals surface area contributed by atoms with E-state index in [1.807, 2.05) is 0 Å². The molecule has 1 heterocycles. The molecule has 0 aliphatic carbocycles. The molecule has 1 atom stereocenters. The smallest absolute Gasteiger partial charge is 0.313 e. The van der Waals surface area contributed by atoms with Gasteiger partial charge in [0.1, 0.15) is 5.92 Å². The van der Waals surface area contributed by atoms with Crippen LogP contribution in [0.5, 0.6) is 0 Å². The average Bonchev–Trinajstić information content (AvgIpc) is 1.85. The van der Waals surface area contributed by atoms with Gasteiger partial charge in [-0.25, -0.2) is 8.78 Å². The van der Waals surface area contributed by atoms with Crippen molar-refractivity contribution in [3.8, 4) is 0 Å². The van der Waals surface area contributed by atoms with E-state index in [9.17, 15) is 13.6 Å². The molecule has 1 unspecified atom stereocenters. The number of alkyl halides is 2. The maximum Gasteiger partial charge on any atom is 0.313 e. The summed E-state index contributed by atoms with van der Waals surface area (Å²) in [5, 5.41) is 11.0. The molecule has 0 aromatic heterocycles. The summed E-state index contributed by atoms with van der Waals surface area (Å²) in [4.78, 5) is 10.2. The predicted octanol–water partition coefficient (Wildman–Crippen LogP) is 0.316. The van der Waals surface area contributed by atoms with E-state index in [2.05, 4.69) is 5.32 Å². The van der Waals surface area contributed by atoms with Gasteiger partial charge in [0.05, 0.1) is 0 Å². The standard InChI is InChI=1S/C6H9F2NO2/c7-6(8)1-2-9-3-4(6)5(10)11/h4,9H,1-3H2,(H,10,11). The Bertz CT molecular complexity index is 172. The molecule has 1 rings (SSSR count). The molecule has 0 spiro atoms. The fourth-order valence-electron chi connectivity index (χ4n) is 1.09. The highest BCUT2D eigenvalue weighted by Crippen LogP contribution is 2.30. The molecule has 0 saturated carbocycles. The third-order valence-corrected chi connectivity index (χ3v) is 1.79. The SMILES string of the molecule is O=C(O)C1CNCCC1(F)F. The second-order valence-corrected chi connectivity index (χ2v) is 2.61. The van der Waals surface area contributed by atoms with Gasteiger partial charge < -0.3 is 10.4 Å². The normalized spacial score (nSPS) is 29.8. The van der Waals surface area contributed by atoms with Crippen molar-refractivity contribution in [2.24, 2.45) is 5.92 Å². The lowest BCUT2D eigenvalue weighted by atomic mass is 9.95. The monoisotopic (exact) mass is 165 g/mol. The summed E-state index contributed by atoms with van der Waals surface area (Å²) in [6, 6.07) is 0. The van der Waals surface area contributed by atoms with Crippen LogP contribution < -0.4 is 5.32 Å². The Morgan fingerprint density at radius 2 is 2.27 bits per heavy atom. The maximum absolute atomic E-state index is 12.7. The predicted molar refractivity (Wildman–Crippen MR) is 33.6 cm³/mol. The summed E-state index contributed by atoms with van der Waals surface area (Å²) in [7, 11) is 0. The first-order valence-corrected chi connectivity index (χ1v) is 3.35. The molecule has 0 bridgehead atoms. The van der Waals surface area contributed by atoms with Crippen molar-refractivity contribution in [2.45, 2.75) is 12.3 Å². The molecule has 0 radical (unpaired) electrons. The first-order chi connectivity index (χ1) is 5.04. The van der Waals surface area contributed by atoms with Crippen LogP contribution in [0.25, 0.3) is 0 Å². The molecule has 1 aliphatic heterocycles. The Hall–Kier alpha value is -0.710. The highest BCUT2D eigenvalue weighted by molar-refractivity contribution is 5.71. The first kappa shape index (κ1) is 8.39. The van der Waals surface area contributed by atoms with Gasteiger partial charge in [0.15, 0.2) is 0 Å². The second-order valence-electron chi connectivity index (χ2n) is 2.61. The summed E-state index contributed by atoms with van der Waals surface area (Å²) in [6.07, 6.45) is -0.385.